The maximum atomic E-state index is 10.7. The smallest absolute Gasteiger partial charge is 0.150 e. The van der Waals surface area contributed by atoms with Crippen LogP contribution < -0.4 is 9.47 Å². The topological polar surface area (TPSA) is 35.5 Å². The van der Waals surface area contributed by atoms with Gasteiger partial charge in [-0.05, 0) is 18.2 Å². The SMILES string of the molecule is COc1ccc(-c2ccc(C=O)cc2Cl)c(OC)c1Cl. The molecule has 0 bridgehead atoms. The predicted molar refractivity (Wildman–Crippen MR) is 80.4 cm³/mol. The standard InChI is InChI=1S/C15H12Cl2O3/c1-19-13-6-5-11(15(20-2)14(13)17)10-4-3-9(8-18)7-12(10)16/h3-8H,1-2H3. The third-order valence-corrected chi connectivity index (χ3v) is 3.58. The molecule has 0 saturated heterocycles. The number of rotatable bonds is 4. The van der Waals surface area contributed by atoms with Gasteiger partial charge in [-0.1, -0.05) is 35.3 Å². The van der Waals surface area contributed by atoms with Crippen LogP contribution in [0.2, 0.25) is 10.0 Å². The first-order valence-electron chi connectivity index (χ1n) is 5.78. The Balaban J connectivity index is 2.63. The molecule has 0 N–H and O–H groups in total. The number of aldehydes is 1. The normalized spacial score (nSPS) is 10.2. The van der Waals surface area contributed by atoms with Crippen LogP contribution in [0, 0.1) is 0 Å². The van der Waals surface area contributed by atoms with Gasteiger partial charge in [-0.3, -0.25) is 4.79 Å². The van der Waals surface area contributed by atoms with Crippen LogP contribution in [-0.2, 0) is 0 Å². The van der Waals surface area contributed by atoms with Crippen LogP contribution in [0.25, 0.3) is 11.1 Å². The molecule has 104 valence electrons. The largest absolute Gasteiger partial charge is 0.495 e. The van der Waals surface area contributed by atoms with E-state index in [-0.39, 0.29) is 0 Å². The highest BCUT2D eigenvalue weighted by atomic mass is 35.5. The second-order valence-electron chi connectivity index (χ2n) is 4.02. The van der Waals surface area contributed by atoms with Crippen molar-refractivity contribution < 1.29 is 14.3 Å². The van der Waals surface area contributed by atoms with Gasteiger partial charge in [0, 0.05) is 21.7 Å². The number of hydrogen-bond donors (Lipinski definition) is 0. The van der Waals surface area contributed by atoms with Crippen molar-refractivity contribution >= 4 is 29.5 Å². The van der Waals surface area contributed by atoms with Crippen LogP contribution in [0.4, 0.5) is 0 Å². The fourth-order valence-corrected chi connectivity index (χ4v) is 2.54. The number of benzene rings is 2. The van der Waals surface area contributed by atoms with Crippen molar-refractivity contribution in [1.82, 2.24) is 0 Å². The minimum Gasteiger partial charge on any atom is -0.495 e. The van der Waals surface area contributed by atoms with Crippen molar-refractivity contribution in [3.05, 3.63) is 45.9 Å². The molecule has 2 aromatic rings. The van der Waals surface area contributed by atoms with Gasteiger partial charge in [0.2, 0.25) is 0 Å². The highest BCUT2D eigenvalue weighted by Crippen LogP contribution is 2.43. The van der Waals surface area contributed by atoms with Gasteiger partial charge in [0.25, 0.3) is 0 Å². The molecule has 5 heteroatoms. The Morgan fingerprint density at radius 1 is 1.00 bits per heavy atom. The molecule has 0 radical (unpaired) electrons. The van der Waals surface area contributed by atoms with Crippen molar-refractivity contribution in [2.24, 2.45) is 0 Å². The zero-order chi connectivity index (χ0) is 14.7. The second kappa shape index (κ2) is 6.16. The zero-order valence-corrected chi connectivity index (χ0v) is 12.5. The molecule has 2 rings (SSSR count). The Bertz CT molecular complexity index is 654. The number of carbonyl (C=O) groups is 1. The highest BCUT2D eigenvalue weighted by molar-refractivity contribution is 6.35. The van der Waals surface area contributed by atoms with Gasteiger partial charge >= 0.3 is 0 Å². The molecule has 0 aliphatic rings. The Morgan fingerprint density at radius 3 is 2.25 bits per heavy atom. The molecular formula is C15H12Cl2O3. The third kappa shape index (κ3) is 2.60. The molecule has 0 fully saturated rings. The van der Waals surface area contributed by atoms with E-state index in [9.17, 15) is 4.79 Å². The van der Waals surface area contributed by atoms with E-state index in [2.05, 4.69) is 0 Å². The Morgan fingerprint density at radius 2 is 1.70 bits per heavy atom. The molecule has 0 aliphatic heterocycles. The molecule has 0 spiro atoms. The molecule has 20 heavy (non-hydrogen) atoms. The van der Waals surface area contributed by atoms with Crippen LogP contribution in [0.15, 0.2) is 30.3 Å². The fraction of sp³-hybridized carbons (Fsp3) is 0.133. The molecule has 0 saturated carbocycles. The molecule has 0 aromatic heterocycles. The zero-order valence-electron chi connectivity index (χ0n) is 10.9. The van der Waals surface area contributed by atoms with E-state index in [0.29, 0.717) is 27.1 Å². The lowest BCUT2D eigenvalue weighted by atomic mass is 10.0. The van der Waals surface area contributed by atoms with Gasteiger partial charge in [-0.15, -0.1) is 0 Å². The minimum absolute atomic E-state index is 0.378. The van der Waals surface area contributed by atoms with Crippen LogP contribution in [0.1, 0.15) is 10.4 Å². The predicted octanol–water partition coefficient (Wildman–Crippen LogP) is 4.49. The van der Waals surface area contributed by atoms with Crippen LogP contribution in [0.5, 0.6) is 11.5 Å². The van der Waals surface area contributed by atoms with Gasteiger partial charge in [0.15, 0.2) is 0 Å². The molecule has 0 aliphatic carbocycles. The number of hydrogen-bond acceptors (Lipinski definition) is 3. The average molecular weight is 311 g/mol. The third-order valence-electron chi connectivity index (χ3n) is 2.91. The summed E-state index contributed by atoms with van der Waals surface area (Å²) in [5.74, 6) is 1.000. The molecule has 2 aromatic carbocycles. The number of carbonyl (C=O) groups excluding carboxylic acids is 1. The van der Waals surface area contributed by atoms with Crippen LogP contribution in [0.3, 0.4) is 0 Å². The summed E-state index contributed by atoms with van der Waals surface area (Å²) in [5, 5.41) is 0.831. The Labute approximate surface area is 127 Å². The monoisotopic (exact) mass is 310 g/mol. The average Bonchev–Trinajstić information content (AvgIpc) is 2.46. The van der Waals surface area contributed by atoms with E-state index in [1.165, 1.54) is 14.2 Å². The van der Waals surface area contributed by atoms with Gasteiger partial charge in [-0.25, -0.2) is 0 Å². The van der Waals surface area contributed by atoms with Crippen LogP contribution >= 0.6 is 23.2 Å². The quantitative estimate of drug-likeness (QED) is 0.780. The first kappa shape index (κ1) is 14.7. The maximum Gasteiger partial charge on any atom is 0.150 e. The van der Waals surface area contributed by atoms with E-state index in [0.717, 1.165) is 17.4 Å². The lowest BCUT2D eigenvalue weighted by Crippen LogP contribution is -1.93. The number of ether oxygens (including phenoxy) is 2. The van der Waals surface area contributed by atoms with Crippen molar-refractivity contribution in [3.63, 3.8) is 0 Å². The van der Waals surface area contributed by atoms with E-state index < -0.39 is 0 Å². The van der Waals surface area contributed by atoms with E-state index in [4.69, 9.17) is 32.7 Å². The van der Waals surface area contributed by atoms with Gasteiger partial charge in [0.05, 0.1) is 14.2 Å². The minimum atomic E-state index is 0.378. The lowest BCUT2D eigenvalue weighted by Gasteiger charge is -2.14. The molecule has 0 amide bonds. The summed E-state index contributed by atoms with van der Waals surface area (Å²) < 4.78 is 10.5. The van der Waals surface area contributed by atoms with Crippen LogP contribution in [-0.4, -0.2) is 20.5 Å². The highest BCUT2D eigenvalue weighted by Gasteiger charge is 2.16. The van der Waals surface area contributed by atoms with Crippen molar-refractivity contribution in [1.29, 1.82) is 0 Å². The first-order chi connectivity index (χ1) is 9.62. The summed E-state index contributed by atoms with van der Waals surface area (Å²) in [6.07, 6.45) is 0.744. The van der Waals surface area contributed by atoms with Gasteiger partial charge in [0.1, 0.15) is 22.8 Å². The number of halogens is 2. The molecule has 0 atom stereocenters. The summed E-state index contributed by atoms with van der Waals surface area (Å²) >= 11 is 12.4. The molecule has 0 heterocycles. The Hall–Kier alpha value is -1.71. The lowest BCUT2D eigenvalue weighted by molar-refractivity contribution is 0.112. The van der Waals surface area contributed by atoms with E-state index in [1.54, 1.807) is 24.3 Å². The van der Waals surface area contributed by atoms with Crippen molar-refractivity contribution in [3.8, 4) is 22.6 Å². The number of methoxy groups -OCH3 is 2. The van der Waals surface area contributed by atoms with Crippen molar-refractivity contribution in [2.75, 3.05) is 14.2 Å². The summed E-state index contributed by atoms with van der Waals surface area (Å²) in [7, 11) is 3.06. The first-order valence-corrected chi connectivity index (χ1v) is 6.53. The van der Waals surface area contributed by atoms with Gasteiger partial charge in [-0.2, -0.15) is 0 Å². The molecule has 0 unspecified atom stereocenters. The summed E-state index contributed by atoms with van der Waals surface area (Å²) in [6.45, 7) is 0. The molecular weight excluding hydrogens is 299 g/mol. The fourth-order valence-electron chi connectivity index (χ4n) is 1.93. The van der Waals surface area contributed by atoms with E-state index in [1.807, 2.05) is 6.07 Å². The second-order valence-corrected chi connectivity index (χ2v) is 4.80. The Kier molecular flexibility index (Phi) is 4.53. The summed E-state index contributed by atoms with van der Waals surface area (Å²) in [5.41, 5.74) is 1.98. The van der Waals surface area contributed by atoms with Gasteiger partial charge < -0.3 is 9.47 Å². The maximum absolute atomic E-state index is 10.7. The summed E-state index contributed by atoms with van der Waals surface area (Å²) in [6, 6.07) is 8.59. The van der Waals surface area contributed by atoms with Crippen molar-refractivity contribution in [2.45, 2.75) is 0 Å². The molecule has 3 nitrogen and oxygen atoms in total. The van der Waals surface area contributed by atoms with E-state index >= 15 is 0 Å². The summed E-state index contributed by atoms with van der Waals surface area (Å²) in [4.78, 5) is 10.7.